The number of anilines is 3. The molecule has 328 valence electrons. The van der Waals surface area contributed by atoms with Gasteiger partial charge in [-0.15, -0.1) is 0 Å². The van der Waals surface area contributed by atoms with E-state index in [9.17, 15) is 0 Å². The lowest BCUT2D eigenvalue weighted by Gasteiger charge is -2.27. The molecule has 0 atom stereocenters. The molecule has 0 aliphatic rings. The molecule has 1 aromatic heterocycles. The Balaban J connectivity index is 0.952. The quantitative estimate of drug-likeness (QED) is 0.144. The van der Waals surface area contributed by atoms with Crippen LogP contribution in [0.5, 0.6) is 0 Å². The molecule has 0 saturated heterocycles. The van der Waals surface area contributed by atoms with Gasteiger partial charge in [-0.2, -0.15) is 0 Å². The van der Waals surface area contributed by atoms with Gasteiger partial charge in [0.25, 0.3) is 0 Å². The number of nitrogens with zero attached hydrogens (tertiary/aromatic N) is 1. The standard InChI is InChI=1S/C68H45NO/c1-2-16-46(17-3-1)51-22-12-24-53(44-51)60-29-9-8-27-58(60)50-36-40-56(41-37-50)69(55-38-34-47(35-39-55)52-23-13-25-54(45-52)61-31-14-20-48-18-4-6-26-57(48)61)65-43-42-63(62-32-15-21-49-19-5-7-28-59(49)62)68-67(65)64-30-10-11-33-66(64)70-68/h1-45H. The van der Waals surface area contributed by atoms with Crippen molar-refractivity contribution >= 4 is 60.5 Å². The van der Waals surface area contributed by atoms with Crippen LogP contribution in [0.4, 0.5) is 17.1 Å². The van der Waals surface area contributed by atoms with Crippen LogP contribution in [-0.2, 0) is 0 Å². The first-order chi connectivity index (χ1) is 34.7. The Morgan fingerprint density at radius 2 is 0.700 bits per heavy atom. The molecule has 0 bridgehead atoms. The Hall–Kier alpha value is -9.24. The van der Waals surface area contributed by atoms with Crippen LogP contribution >= 0.6 is 0 Å². The second kappa shape index (κ2) is 17.4. The fraction of sp³-hybridized carbons (Fsp3) is 0. The highest BCUT2D eigenvalue weighted by molar-refractivity contribution is 6.18. The molecule has 0 amide bonds. The summed E-state index contributed by atoms with van der Waals surface area (Å²) in [6.07, 6.45) is 0. The number of furan rings is 1. The van der Waals surface area contributed by atoms with Crippen molar-refractivity contribution in [2.75, 3.05) is 4.90 Å². The minimum atomic E-state index is 0.857. The highest BCUT2D eigenvalue weighted by Crippen LogP contribution is 2.48. The first-order valence-corrected chi connectivity index (χ1v) is 24.0. The van der Waals surface area contributed by atoms with Crippen LogP contribution in [-0.4, -0.2) is 0 Å². The summed E-state index contributed by atoms with van der Waals surface area (Å²) in [6, 6.07) is 98.5. The molecule has 0 aliphatic carbocycles. The maximum absolute atomic E-state index is 6.94. The monoisotopic (exact) mass is 891 g/mol. The van der Waals surface area contributed by atoms with E-state index in [0.717, 1.165) is 61.3 Å². The lowest BCUT2D eigenvalue weighted by atomic mass is 9.92. The molecule has 12 aromatic carbocycles. The molecule has 0 saturated carbocycles. The first-order valence-electron chi connectivity index (χ1n) is 24.0. The maximum Gasteiger partial charge on any atom is 0.145 e. The molecule has 0 aliphatic heterocycles. The van der Waals surface area contributed by atoms with Crippen molar-refractivity contribution in [2.45, 2.75) is 0 Å². The average molecular weight is 892 g/mol. The van der Waals surface area contributed by atoms with Crippen molar-refractivity contribution in [3.8, 4) is 66.8 Å². The highest BCUT2D eigenvalue weighted by atomic mass is 16.3. The van der Waals surface area contributed by atoms with Gasteiger partial charge in [-0.05, 0) is 137 Å². The van der Waals surface area contributed by atoms with Crippen LogP contribution in [0.15, 0.2) is 277 Å². The van der Waals surface area contributed by atoms with Gasteiger partial charge in [0.2, 0.25) is 0 Å². The summed E-state index contributed by atoms with van der Waals surface area (Å²) in [5, 5.41) is 7.03. The van der Waals surface area contributed by atoms with Crippen LogP contribution < -0.4 is 4.90 Å². The Bertz CT molecular complexity index is 4040. The number of benzene rings is 12. The van der Waals surface area contributed by atoms with Gasteiger partial charge in [0.05, 0.1) is 11.1 Å². The van der Waals surface area contributed by atoms with Gasteiger partial charge < -0.3 is 9.32 Å². The summed E-state index contributed by atoms with van der Waals surface area (Å²) in [5.74, 6) is 0. The van der Waals surface area contributed by atoms with Crippen LogP contribution in [0.1, 0.15) is 0 Å². The van der Waals surface area contributed by atoms with E-state index in [-0.39, 0.29) is 0 Å². The van der Waals surface area contributed by atoms with E-state index >= 15 is 0 Å². The smallest absolute Gasteiger partial charge is 0.145 e. The molecule has 0 spiro atoms. The third kappa shape index (κ3) is 7.31. The van der Waals surface area contributed by atoms with E-state index in [1.54, 1.807) is 0 Å². The van der Waals surface area contributed by atoms with E-state index < -0.39 is 0 Å². The highest BCUT2D eigenvalue weighted by Gasteiger charge is 2.23. The average Bonchev–Trinajstić information content (AvgIpc) is 3.84. The molecule has 0 radical (unpaired) electrons. The van der Waals surface area contributed by atoms with Crippen LogP contribution in [0, 0.1) is 0 Å². The van der Waals surface area contributed by atoms with Crippen LogP contribution in [0.25, 0.3) is 110 Å². The van der Waals surface area contributed by atoms with E-state index in [1.807, 2.05) is 0 Å². The van der Waals surface area contributed by atoms with Gasteiger partial charge in [0.15, 0.2) is 0 Å². The van der Waals surface area contributed by atoms with Crippen molar-refractivity contribution in [1.29, 1.82) is 0 Å². The summed E-state index contributed by atoms with van der Waals surface area (Å²) in [6.45, 7) is 0. The van der Waals surface area contributed by atoms with Crippen LogP contribution in [0.3, 0.4) is 0 Å². The van der Waals surface area contributed by atoms with Gasteiger partial charge >= 0.3 is 0 Å². The second-order valence-corrected chi connectivity index (χ2v) is 18.0. The van der Waals surface area contributed by atoms with Crippen molar-refractivity contribution < 1.29 is 4.42 Å². The molecule has 1 heterocycles. The zero-order valence-corrected chi connectivity index (χ0v) is 38.3. The minimum absolute atomic E-state index is 0.857. The summed E-state index contributed by atoms with van der Waals surface area (Å²) < 4.78 is 6.94. The van der Waals surface area contributed by atoms with E-state index in [0.29, 0.717) is 0 Å². The summed E-state index contributed by atoms with van der Waals surface area (Å²) in [7, 11) is 0. The van der Waals surface area contributed by atoms with Crippen molar-refractivity contribution in [3.63, 3.8) is 0 Å². The Kier molecular flexibility index (Phi) is 10.2. The third-order valence-electron chi connectivity index (χ3n) is 13.9. The van der Waals surface area contributed by atoms with E-state index in [2.05, 4.69) is 278 Å². The fourth-order valence-corrected chi connectivity index (χ4v) is 10.5. The van der Waals surface area contributed by atoms with E-state index in [4.69, 9.17) is 4.42 Å². The Morgan fingerprint density at radius 3 is 1.37 bits per heavy atom. The molecule has 2 nitrogen and oxygen atoms in total. The summed E-state index contributed by atoms with van der Waals surface area (Å²) in [4.78, 5) is 2.40. The maximum atomic E-state index is 6.94. The fourth-order valence-electron chi connectivity index (χ4n) is 10.5. The SMILES string of the molecule is c1ccc(-c2cccc(-c3ccccc3-c3ccc(N(c4ccc(-c5cccc(-c6cccc7ccccc67)c5)cc4)c4ccc(-c5cccc6ccccc56)c5oc6ccccc6c45)cc3)c2)cc1. The molecule has 0 unspecified atom stereocenters. The van der Waals surface area contributed by atoms with Crippen LogP contribution in [0.2, 0.25) is 0 Å². The molecule has 2 heteroatoms. The minimum Gasteiger partial charge on any atom is -0.455 e. The normalized spacial score (nSPS) is 11.4. The number of fused-ring (bicyclic) bond motifs is 5. The predicted molar refractivity (Wildman–Crippen MR) is 296 cm³/mol. The number of rotatable bonds is 9. The molecule has 13 aromatic rings. The molecule has 13 rings (SSSR count). The molecule has 0 fully saturated rings. The number of hydrogen-bond acceptors (Lipinski definition) is 2. The summed E-state index contributed by atoms with van der Waals surface area (Å²) >= 11 is 0. The van der Waals surface area contributed by atoms with E-state index in [1.165, 1.54) is 66.1 Å². The zero-order valence-electron chi connectivity index (χ0n) is 38.3. The lowest BCUT2D eigenvalue weighted by Crippen LogP contribution is -2.10. The number of para-hydroxylation sites is 1. The Morgan fingerprint density at radius 1 is 0.257 bits per heavy atom. The summed E-state index contributed by atoms with van der Waals surface area (Å²) in [5.41, 5.74) is 18.9. The second-order valence-electron chi connectivity index (χ2n) is 18.0. The molecule has 0 N–H and O–H groups in total. The predicted octanol–water partition coefficient (Wildman–Crippen LogP) is 19.4. The zero-order chi connectivity index (χ0) is 46.4. The lowest BCUT2D eigenvalue weighted by molar-refractivity contribution is 0.670. The van der Waals surface area contributed by atoms with Gasteiger partial charge in [0, 0.05) is 22.3 Å². The van der Waals surface area contributed by atoms with Gasteiger partial charge in [-0.25, -0.2) is 0 Å². The van der Waals surface area contributed by atoms with Crippen molar-refractivity contribution in [2.24, 2.45) is 0 Å². The molecule has 70 heavy (non-hydrogen) atoms. The largest absolute Gasteiger partial charge is 0.455 e. The third-order valence-corrected chi connectivity index (χ3v) is 13.9. The molecular formula is C68H45NO. The van der Waals surface area contributed by atoms with Crippen molar-refractivity contribution in [1.82, 2.24) is 0 Å². The van der Waals surface area contributed by atoms with Gasteiger partial charge in [0.1, 0.15) is 11.2 Å². The topological polar surface area (TPSA) is 16.4 Å². The van der Waals surface area contributed by atoms with Gasteiger partial charge in [-0.3, -0.25) is 0 Å². The Labute approximate surface area is 407 Å². The molecular weight excluding hydrogens is 847 g/mol. The van der Waals surface area contributed by atoms with Gasteiger partial charge in [-0.1, -0.05) is 218 Å². The first kappa shape index (κ1) is 41.0. The number of hydrogen-bond donors (Lipinski definition) is 0. The van der Waals surface area contributed by atoms with Crippen molar-refractivity contribution in [3.05, 3.63) is 273 Å².